The number of ether oxygens (including phenoxy) is 1. The fourth-order valence-corrected chi connectivity index (χ4v) is 1.22. The van der Waals surface area contributed by atoms with E-state index in [0.717, 1.165) is 0 Å². The van der Waals surface area contributed by atoms with Gasteiger partial charge in [-0.05, 0) is 19.1 Å². The lowest BCUT2D eigenvalue weighted by Crippen LogP contribution is -2.38. The second-order valence-corrected chi connectivity index (χ2v) is 3.84. The van der Waals surface area contributed by atoms with E-state index in [4.69, 9.17) is 4.42 Å². The largest absolute Gasteiger partial charge is 0.467 e. The summed E-state index contributed by atoms with van der Waals surface area (Å²) in [5.41, 5.74) is 0. The number of carbonyl (C=O) groups is 1. The van der Waals surface area contributed by atoms with Crippen molar-refractivity contribution >= 4 is 5.91 Å². The van der Waals surface area contributed by atoms with E-state index in [2.05, 4.69) is 10.1 Å². The molecule has 2 N–H and O–H groups in total. The second kappa shape index (κ2) is 6.58. The third-order valence-electron chi connectivity index (χ3n) is 2.21. The van der Waals surface area contributed by atoms with E-state index < -0.39 is 30.9 Å². The molecule has 0 spiro atoms. The van der Waals surface area contributed by atoms with Gasteiger partial charge >= 0.3 is 6.18 Å². The smallest absolute Gasteiger partial charge is 0.411 e. The zero-order valence-corrected chi connectivity index (χ0v) is 10.1. The highest BCUT2D eigenvalue weighted by molar-refractivity contribution is 5.80. The van der Waals surface area contributed by atoms with Gasteiger partial charge in [0.05, 0.1) is 12.8 Å². The van der Waals surface area contributed by atoms with Crippen molar-refractivity contribution in [3.05, 3.63) is 24.2 Å². The molecule has 2 atom stereocenters. The number of nitrogens with one attached hydrogen (secondary N) is 1. The molecule has 19 heavy (non-hydrogen) atoms. The number of aliphatic hydroxyl groups excluding tert-OH is 1. The highest BCUT2D eigenvalue weighted by atomic mass is 19.4. The quantitative estimate of drug-likeness (QED) is 0.826. The molecule has 1 heterocycles. The summed E-state index contributed by atoms with van der Waals surface area (Å²) in [4.78, 5) is 11.4. The monoisotopic (exact) mass is 281 g/mol. The van der Waals surface area contributed by atoms with Crippen LogP contribution >= 0.6 is 0 Å². The van der Waals surface area contributed by atoms with E-state index >= 15 is 0 Å². The summed E-state index contributed by atoms with van der Waals surface area (Å²) in [6.45, 7) is -0.477. The minimum atomic E-state index is -4.48. The summed E-state index contributed by atoms with van der Waals surface area (Å²) in [5.74, 6) is -0.487. The van der Waals surface area contributed by atoms with Gasteiger partial charge in [-0.1, -0.05) is 0 Å². The first-order valence-corrected chi connectivity index (χ1v) is 5.47. The number of halogens is 3. The van der Waals surface area contributed by atoms with Crippen LogP contribution in [0.3, 0.4) is 0 Å². The van der Waals surface area contributed by atoms with Gasteiger partial charge in [0.1, 0.15) is 24.6 Å². The van der Waals surface area contributed by atoms with Gasteiger partial charge in [0.15, 0.2) is 0 Å². The fraction of sp³-hybridized carbons (Fsp3) is 0.545. The Kier molecular flexibility index (Phi) is 5.37. The first kappa shape index (κ1) is 15.5. The Bertz CT molecular complexity index is 391. The number of carbonyl (C=O) groups excluding carboxylic acids is 1. The van der Waals surface area contributed by atoms with Crippen molar-refractivity contribution in [1.82, 2.24) is 5.32 Å². The molecule has 1 amide bonds. The Morgan fingerprint density at radius 1 is 1.58 bits per heavy atom. The number of hydrogen-bond acceptors (Lipinski definition) is 4. The first-order valence-electron chi connectivity index (χ1n) is 5.47. The lowest BCUT2D eigenvalue weighted by Gasteiger charge is -2.15. The molecular formula is C11H14F3NO4. The van der Waals surface area contributed by atoms with Gasteiger partial charge in [-0.25, -0.2) is 0 Å². The van der Waals surface area contributed by atoms with E-state index in [-0.39, 0.29) is 12.3 Å². The minimum absolute atomic E-state index is 0.175. The van der Waals surface area contributed by atoms with Crippen LogP contribution in [0, 0.1) is 0 Å². The van der Waals surface area contributed by atoms with Crippen LogP contribution in [0.15, 0.2) is 22.8 Å². The van der Waals surface area contributed by atoms with Gasteiger partial charge in [0, 0.05) is 0 Å². The molecule has 1 rings (SSSR count). The van der Waals surface area contributed by atoms with E-state index in [1.807, 2.05) is 0 Å². The summed E-state index contributed by atoms with van der Waals surface area (Å²) in [6.07, 6.45) is -5.45. The zero-order valence-electron chi connectivity index (χ0n) is 10.1. The molecule has 0 aromatic carbocycles. The number of hydrogen-bond donors (Lipinski definition) is 2. The number of alkyl halides is 3. The number of aliphatic hydroxyl groups is 1. The summed E-state index contributed by atoms with van der Waals surface area (Å²) in [7, 11) is 0. The standard InChI is InChI=1S/C11H14F3NO4/c1-7(19-6-11(12,13)14)10(17)15-5-8(16)9-3-2-4-18-9/h2-4,7-8,16H,5-6H2,1H3,(H,15,17). The van der Waals surface area contributed by atoms with Gasteiger partial charge in [-0.2, -0.15) is 13.2 Å². The maximum atomic E-state index is 11.9. The molecule has 1 aromatic rings. The van der Waals surface area contributed by atoms with Crippen LogP contribution < -0.4 is 5.32 Å². The number of furan rings is 1. The SMILES string of the molecule is CC(OCC(F)(F)F)C(=O)NCC(O)c1ccco1. The van der Waals surface area contributed by atoms with Crippen molar-refractivity contribution in [3.63, 3.8) is 0 Å². The van der Waals surface area contributed by atoms with Gasteiger partial charge in [0.2, 0.25) is 5.91 Å². The Labute approximate surface area is 107 Å². The fourth-order valence-electron chi connectivity index (χ4n) is 1.22. The summed E-state index contributed by atoms with van der Waals surface area (Å²) in [5, 5.41) is 11.8. The lowest BCUT2D eigenvalue weighted by molar-refractivity contribution is -0.185. The van der Waals surface area contributed by atoms with Crippen LogP contribution in [0.25, 0.3) is 0 Å². The molecule has 5 nitrogen and oxygen atoms in total. The normalized spacial score (nSPS) is 15.0. The minimum Gasteiger partial charge on any atom is -0.467 e. The molecule has 2 unspecified atom stereocenters. The predicted octanol–water partition coefficient (Wildman–Crippen LogP) is 1.40. The van der Waals surface area contributed by atoms with Gasteiger partial charge in [-0.3, -0.25) is 4.79 Å². The highest BCUT2D eigenvalue weighted by Gasteiger charge is 2.30. The van der Waals surface area contributed by atoms with Crippen LogP contribution in [0.2, 0.25) is 0 Å². The molecule has 108 valence electrons. The van der Waals surface area contributed by atoms with Crippen molar-refractivity contribution in [2.75, 3.05) is 13.2 Å². The molecule has 8 heteroatoms. The summed E-state index contributed by atoms with van der Waals surface area (Å²) >= 11 is 0. The van der Waals surface area contributed by atoms with E-state index in [1.54, 1.807) is 6.07 Å². The number of rotatable bonds is 6. The van der Waals surface area contributed by atoms with E-state index in [0.29, 0.717) is 0 Å². The van der Waals surface area contributed by atoms with Crippen molar-refractivity contribution in [2.45, 2.75) is 25.3 Å². The van der Waals surface area contributed by atoms with Crippen molar-refractivity contribution < 1.29 is 32.2 Å². The maximum absolute atomic E-state index is 11.9. The van der Waals surface area contributed by atoms with Crippen LogP contribution in [-0.2, 0) is 9.53 Å². The lowest BCUT2D eigenvalue weighted by atomic mass is 10.2. The average Bonchev–Trinajstić information content (AvgIpc) is 2.85. The summed E-state index contributed by atoms with van der Waals surface area (Å²) < 4.78 is 44.9. The molecule has 1 aromatic heterocycles. The molecule has 0 fully saturated rings. The molecule has 0 aliphatic rings. The van der Waals surface area contributed by atoms with Crippen LogP contribution in [-0.4, -0.2) is 36.4 Å². The van der Waals surface area contributed by atoms with Crippen molar-refractivity contribution in [3.8, 4) is 0 Å². The molecule has 0 radical (unpaired) electrons. The Morgan fingerprint density at radius 3 is 2.79 bits per heavy atom. The molecule has 0 saturated carbocycles. The van der Waals surface area contributed by atoms with Crippen molar-refractivity contribution in [1.29, 1.82) is 0 Å². The van der Waals surface area contributed by atoms with E-state index in [9.17, 15) is 23.1 Å². The Hall–Kier alpha value is -1.54. The Morgan fingerprint density at radius 2 is 2.26 bits per heavy atom. The average molecular weight is 281 g/mol. The van der Waals surface area contributed by atoms with Crippen LogP contribution in [0.1, 0.15) is 18.8 Å². The van der Waals surface area contributed by atoms with E-state index in [1.165, 1.54) is 19.3 Å². The Balaban J connectivity index is 2.30. The van der Waals surface area contributed by atoms with Crippen molar-refractivity contribution in [2.24, 2.45) is 0 Å². The summed E-state index contributed by atoms with van der Waals surface area (Å²) in [6, 6.07) is 3.08. The van der Waals surface area contributed by atoms with Crippen LogP contribution in [0.4, 0.5) is 13.2 Å². The second-order valence-electron chi connectivity index (χ2n) is 3.84. The first-order chi connectivity index (χ1) is 8.79. The predicted molar refractivity (Wildman–Crippen MR) is 58.1 cm³/mol. The zero-order chi connectivity index (χ0) is 14.5. The van der Waals surface area contributed by atoms with Gasteiger partial charge in [-0.15, -0.1) is 0 Å². The topological polar surface area (TPSA) is 71.7 Å². The van der Waals surface area contributed by atoms with Crippen LogP contribution in [0.5, 0.6) is 0 Å². The molecule has 0 aliphatic carbocycles. The molecular weight excluding hydrogens is 267 g/mol. The third-order valence-corrected chi connectivity index (χ3v) is 2.21. The van der Waals surface area contributed by atoms with Gasteiger partial charge in [0.25, 0.3) is 0 Å². The molecule has 0 aliphatic heterocycles. The third kappa shape index (κ3) is 5.75. The molecule has 0 saturated heterocycles. The molecule has 0 bridgehead atoms. The highest BCUT2D eigenvalue weighted by Crippen LogP contribution is 2.15. The number of amides is 1. The maximum Gasteiger partial charge on any atom is 0.411 e. The van der Waals surface area contributed by atoms with Gasteiger partial charge < -0.3 is 19.6 Å².